The number of hydrogen-bond acceptors (Lipinski definition) is 5. The molecule has 0 bridgehead atoms. The molecule has 6 nitrogen and oxygen atoms in total. The molecule has 2 aromatic carbocycles. The van der Waals surface area contributed by atoms with E-state index in [4.69, 9.17) is 4.74 Å². The van der Waals surface area contributed by atoms with E-state index in [1.54, 1.807) is 44.4 Å². The number of hydrogen-bond donors (Lipinski definition) is 1. The van der Waals surface area contributed by atoms with Crippen molar-refractivity contribution in [3.8, 4) is 5.75 Å². The summed E-state index contributed by atoms with van der Waals surface area (Å²) in [4.78, 5) is 16.6. The first-order valence-electron chi connectivity index (χ1n) is 9.77. The van der Waals surface area contributed by atoms with E-state index in [0.717, 1.165) is 32.7 Å². The second-order valence-corrected chi connectivity index (χ2v) is 6.95. The van der Waals surface area contributed by atoms with Crippen molar-refractivity contribution in [2.75, 3.05) is 44.7 Å². The van der Waals surface area contributed by atoms with E-state index < -0.39 is 0 Å². The number of methoxy groups -OCH3 is 1. The molecule has 1 heterocycles. The first kappa shape index (κ1) is 20.8. The summed E-state index contributed by atoms with van der Waals surface area (Å²) in [6.07, 6.45) is 0. The van der Waals surface area contributed by atoms with Gasteiger partial charge < -0.3 is 14.5 Å². The van der Waals surface area contributed by atoms with Crippen LogP contribution in [-0.2, 0) is 0 Å². The maximum Gasteiger partial charge on any atom is 0.271 e. The lowest BCUT2D eigenvalue weighted by Crippen LogP contribution is -2.46. The largest absolute Gasteiger partial charge is 0.497 e. The molecule has 1 amide bonds. The standard InChI is InChI=1S/C22H27FN4O2/c1-4-26-11-13-27(14-12-26)21-10-7-18(15-20(21)23)16(2)24-25-22(28)17-5-8-19(29-3)9-6-17/h5-10,15H,4,11-14H2,1-3H3,(H,25,28)/b24-16-. The van der Waals surface area contributed by atoms with Gasteiger partial charge in [-0.05, 0) is 49.9 Å². The molecule has 0 saturated carbocycles. The van der Waals surface area contributed by atoms with Gasteiger partial charge in [0.15, 0.2) is 0 Å². The lowest BCUT2D eigenvalue weighted by molar-refractivity contribution is 0.0955. The fourth-order valence-electron chi connectivity index (χ4n) is 3.30. The van der Waals surface area contributed by atoms with E-state index in [2.05, 4.69) is 27.3 Å². The zero-order valence-corrected chi connectivity index (χ0v) is 17.1. The predicted molar refractivity (Wildman–Crippen MR) is 113 cm³/mol. The Labute approximate surface area is 171 Å². The van der Waals surface area contributed by atoms with Crippen LogP contribution in [0.5, 0.6) is 5.75 Å². The summed E-state index contributed by atoms with van der Waals surface area (Å²) in [5.74, 6) is 0.0641. The third-order valence-electron chi connectivity index (χ3n) is 5.20. The molecule has 0 atom stereocenters. The molecule has 1 N–H and O–H groups in total. The van der Waals surface area contributed by atoms with Crippen LogP contribution in [0.15, 0.2) is 47.6 Å². The predicted octanol–water partition coefficient (Wildman–Crippen LogP) is 3.13. The van der Waals surface area contributed by atoms with E-state index in [0.29, 0.717) is 28.3 Å². The molecule has 0 spiro atoms. The molecule has 0 unspecified atom stereocenters. The number of amides is 1. The second kappa shape index (κ2) is 9.52. The SMILES string of the molecule is CCN1CCN(c2ccc(/C(C)=N\NC(=O)c3ccc(OC)cc3)cc2F)CC1. The number of hydrazone groups is 1. The monoisotopic (exact) mass is 398 g/mol. The molecular weight excluding hydrogens is 371 g/mol. The first-order valence-corrected chi connectivity index (χ1v) is 9.77. The maximum absolute atomic E-state index is 14.7. The Morgan fingerprint density at radius 2 is 1.76 bits per heavy atom. The van der Waals surface area contributed by atoms with Gasteiger partial charge in [0.05, 0.1) is 18.5 Å². The zero-order valence-electron chi connectivity index (χ0n) is 17.1. The number of ether oxygens (including phenoxy) is 1. The number of carbonyl (C=O) groups excluding carboxylic acids is 1. The molecule has 3 rings (SSSR count). The molecule has 29 heavy (non-hydrogen) atoms. The number of piperazine rings is 1. The van der Waals surface area contributed by atoms with Gasteiger partial charge in [-0.25, -0.2) is 9.82 Å². The van der Waals surface area contributed by atoms with Crippen molar-refractivity contribution >= 4 is 17.3 Å². The number of nitrogens with one attached hydrogen (secondary N) is 1. The van der Waals surface area contributed by atoms with Gasteiger partial charge in [-0.2, -0.15) is 5.10 Å². The highest BCUT2D eigenvalue weighted by Gasteiger charge is 2.19. The van der Waals surface area contributed by atoms with Gasteiger partial charge in [-0.1, -0.05) is 13.0 Å². The van der Waals surface area contributed by atoms with E-state index in [9.17, 15) is 9.18 Å². The summed E-state index contributed by atoms with van der Waals surface area (Å²) in [5.41, 5.74) is 4.76. The minimum Gasteiger partial charge on any atom is -0.497 e. The van der Waals surface area contributed by atoms with Crippen LogP contribution in [-0.4, -0.2) is 56.4 Å². The zero-order chi connectivity index (χ0) is 20.8. The van der Waals surface area contributed by atoms with Gasteiger partial charge in [-0.3, -0.25) is 4.79 Å². The Hall–Kier alpha value is -2.93. The van der Waals surface area contributed by atoms with E-state index in [-0.39, 0.29) is 11.7 Å². The molecule has 1 aliphatic heterocycles. The van der Waals surface area contributed by atoms with Crippen LogP contribution in [0.25, 0.3) is 0 Å². The van der Waals surface area contributed by atoms with Crippen molar-refractivity contribution in [1.82, 2.24) is 10.3 Å². The number of nitrogens with zero attached hydrogens (tertiary/aromatic N) is 3. The van der Waals surface area contributed by atoms with Gasteiger partial charge in [0.1, 0.15) is 11.6 Å². The van der Waals surface area contributed by atoms with Crippen molar-refractivity contribution in [2.45, 2.75) is 13.8 Å². The van der Waals surface area contributed by atoms with Gasteiger partial charge in [0, 0.05) is 37.3 Å². The quantitative estimate of drug-likeness (QED) is 0.600. The lowest BCUT2D eigenvalue weighted by atomic mass is 10.1. The van der Waals surface area contributed by atoms with Crippen molar-refractivity contribution in [1.29, 1.82) is 0 Å². The summed E-state index contributed by atoms with van der Waals surface area (Å²) >= 11 is 0. The number of carbonyl (C=O) groups is 1. The maximum atomic E-state index is 14.7. The molecule has 0 radical (unpaired) electrons. The lowest BCUT2D eigenvalue weighted by Gasteiger charge is -2.35. The average Bonchev–Trinajstić information content (AvgIpc) is 2.77. The third kappa shape index (κ3) is 5.12. The molecule has 0 aromatic heterocycles. The molecular formula is C22H27FN4O2. The number of likely N-dealkylation sites (N-methyl/N-ethyl adjacent to an activating group) is 1. The minimum absolute atomic E-state index is 0.275. The first-order chi connectivity index (χ1) is 14.0. The van der Waals surface area contributed by atoms with Gasteiger partial charge >= 0.3 is 0 Å². The fraction of sp³-hybridized carbons (Fsp3) is 0.364. The molecule has 7 heteroatoms. The van der Waals surface area contributed by atoms with Crippen LogP contribution in [0.1, 0.15) is 29.8 Å². The normalized spacial score (nSPS) is 15.3. The average molecular weight is 398 g/mol. The topological polar surface area (TPSA) is 57.2 Å². The Kier molecular flexibility index (Phi) is 6.82. The van der Waals surface area contributed by atoms with Crippen LogP contribution in [0.4, 0.5) is 10.1 Å². The highest BCUT2D eigenvalue weighted by Crippen LogP contribution is 2.22. The van der Waals surface area contributed by atoms with Gasteiger partial charge in [0.2, 0.25) is 0 Å². The van der Waals surface area contributed by atoms with Crippen LogP contribution >= 0.6 is 0 Å². The Morgan fingerprint density at radius 1 is 1.10 bits per heavy atom. The highest BCUT2D eigenvalue weighted by molar-refractivity contribution is 6.01. The minimum atomic E-state index is -0.335. The molecule has 0 aliphatic carbocycles. The van der Waals surface area contributed by atoms with Crippen LogP contribution < -0.4 is 15.1 Å². The Bertz CT molecular complexity index is 875. The van der Waals surface area contributed by atoms with Crippen molar-refractivity contribution in [3.63, 3.8) is 0 Å². The number of benzene rings is 2. The summed E-state index contributed by atoms with van der Waals surface area (Å²) in [6, 6.07) is 11.8. The van der Waals surface area contributed by atoms with Crippen LogP contribution in [0, 0.1) is 5.82 Å². The molecule has 2 aromatic rings. The smallest absolute Gasteiger partial charge is 0.271 e. The summed E-state index contributed by atoms with van der Waals surface area (Å²) in [5, 5.41) is 4.12. The van der Waals surface area contributed by atoms with Crippen molar-refractivity contribution in [3.05, 3.63) is 59.4 Å². The fourth-order valence-corrected chi connectivity index (χ4v) is 3.30. The van der Waals surface area contributed by atoms with Gasteiger partial charge in [0.25, 0.3) is 5.91 Å². The van der Waals surface area contributed by atoms with Crippen LogP contribution in [0.2, 0.25) is 0 Å². The Morgan fingerprint density at radius 3 is 2.34 bits per heavy atom. The van der Waals surface area contributed by atoms with E-state index in [1.807, 2.05) is 6.07 Å². The summed E-state index contributed by atoms with van der Waals surface area (Å²) in [6.45, 7) is 8.41. The Balaban J connectivity index is 1.65. The third-order valence-corrected chi connectivity index (χ3v) is 5.20. The number of anilines is 1. The van der Waals surface area contributed by atoms with E-state index in [1.165, 1.54) is 6.07 Å². The second-order valence-electron chi connectivity index (χ2n) is 6.95. The van der Waals surface area contributed by atoms with Crippen molar-refractivity contribution in [2.24, 2.45) is 5.10 Å². The summed E-state index contributed by atoms with van der Waals surface area (Å²) < 4.78 is 19.8. The van der Waals surface area contributed by atoms with Gasteiger partial charge in [-0.15, -0.1) is 0 Å². The number of rotatable bonds is 6. The molecule has 1 fully saturated rings. The van der Waals surface area contributed by atoms with Crippen LogP contribution in [0.3, 0.4) is 0 Å². The molecule has 1 saturated heterocycles. The molecule has 1 aliphatic rings. The summed E-state index contributed by atoms with van der Waals surface area (Å²) in [7, 11) is 1.57. The number of halogens is 1. The highest BCUT2D eigenvalue weighted by atomic mass is 19.1. The van der Waals surface area contributed by atoms with E-state index >= 15 is 0 Å². The van der Waals surface area contributed by atoms with Crippen molar-refractivity contribution < 1.29 is 13.9 Å². The molecule has 154 valence electrons.